The van der Waals surface area contributed by atoms with Gasteiger partial charge in [-0.3, -0.25) is 4.79 Å². The van der Waals surface area contributed by atoms with Crippen LogP contribution in [-0.4, -0.2) is 31.1 Å². The van der Waals surface area contributed by atoms with Crippen LogP contribution in [0.1, 0.15) is 24.0 Å². The molecular weight excluding hydrogens is 274 g/mol. The average molecular weight is 297 g/mol. The van der Waals surface area contributed by atoms with Gasteiger partial charge in [0.2, 0.25) is 0 Å². The molecule has 22 heavy (non-hydrogen) atoms. The fourth-order valence-corrected chi connectivity index (χ4v) is 2.60. The molecule has 2 rings (SSSR count). The maximum absolute atomic E-state index is 12.7. The van der Waals surface area contributed by atoms with Crippen LogP contribution in [0.25, 0.3) is 0 Å². The number of likely N-dealkylation sites (N-methyl/N-ethyl adjacent to an activating group) is 1. The van der Waals surface area contributed by atoms with Crippen molar-refractivity contribution in [1.82, 2.24) is 4.90 Å². The molecule has 2 unspecified atom stereocenters. The number of methoxy groups -OCH3 is 1. The van der Waals surface area contributed by atoms with Crippen molar-refractivity contribution < 1.29 is 9.53 Å². The quantitative estimate of drug-likeness (QED) is 0.817. The predicted molar refractivity (Wildman–Crippen MR) is 88.6 cm³/mol. The Hall–Kier alpha value is -2.13. The molecule has 0 aliphatic rings. The molecule has 0 aliphatic carbocycles. The molecule has 2 aromatic rings. The zero-order valence-corrected chi connectivity index (χ0v) is 13.4. The van der Waals surface area contributed by atoms with E-state index in [1.807, 2.05) is 74.6 Å². The molecule has 0 heterocycles. The van der Waals surface area contributed by atoms with Crippen molar-refractivity contribution in [2.75, 3.05) is 14.2 Å². The Labute approximate surface area is 132 Å². The number of hydrogen-bond acceptors (Lipinski definition) is 2. The molecule has 0 saturated heterocycles. The van der Waals surface area contributed by atoms with Gasteiger partial charge in [0.25, 0.3) is 5.91 Å². The second-order valence-corrected chi connectivity index (χ2v) is 5.54. The van der Waals surface area contributed by atoms with Crippen LogP contribution in [0, 0.1) is 0 Å². The van der Waals surface area contributed by atoms with Crippen LogP contribution in [0.3, 0.4) is 0 Å². The van der Waals surface area contributed by atoms with Crippen LogP contribution in [0.4, 0.5) is 0 Å². The molecule has 0 aromatic heterocycles. The van der Waals surface area contributed by atoms with E-state index in [1.54, 1.807) is 12.0 Å². The Kier molecular flexibility index (Phi) is 5.73. The normalized spacial score (nSPS) is 13.4. The van der Waals surface area contributed by atoms with E-state index in [0.29, 0.717) is 6.54 Å². The smallest absolute Gasteiger partial charge is 0.252 e. The second kappa shape index (κ2) is 7.76. The number of nitrogens with zero attached hydrogens (tertiary/aromatic N) is 1. The molecule has 2 aromatic carbocycles. The van der Waals surface area contributed by atoms with Gasteiger partial charge in [0.1, 0.15) is 6.10 Å². The van der Waals surface area contributed by atoms with Crippen LogP contribution in [0.5, 0.6) is 0 Å². The van der Waals surface area contributed by atoms with Crippen molar-refractivity contribution in [2.45, 2.75) is 25.5 Å². The van der Waals surface area contributed by atoms with Crippen LogP contribution in [0.2, 0.25) is 0 Å². The van der Waals surface area contributed by atoms with Gasteiger partial charge in [-0.1, -0.05) is 67.6 Å². The van der Waals surface area contributed by atoms with Gasteiger partial charge < -0.3 is 9.64 Å². The minimum absolute atomic E-state index is 0.00251. The highest BCUT2D eigenvalue weighted by Crippen LogP contribution is 2.22. The Morgan fingerprint density at radius 3 is 2.14 bits per heavy atom. The Bertz CT molecular complexity index is 583. The number of rotatable bonds is 6. The summed E-state index contributed by atoms with van der Waals surface area (Å²) >= 11 is 0. The lowest BCUT2D eigenvalue weighted by molar-refractivity contribution is -0.142. The van der Waals surface area contributed by atoms with Gasteiger partial charge in [0, 0.05) is 26.6 Å². The maximum Gasteiger partial charge on any atom is 0.252 e. The standard InChI is InChI=1S/C19H23NO2/c1-15(17-12-8-5-9-13-17)18(22-3)19(21)20(2)14-16-10-6-4-7-11-16/h4-13,15,18H,14H2,1-3H3. The predicted octanol–water partition coefficient (Wildman–Crippen LogP) is 3.46. The van der Waals surface area contributed by atoms with Gasteiger partial charge in [0.05, 0.1) is 0 Å². The van der Waals surface area contributed by atoms with Gasteiger partial charge in [-0.2, -0.15) is 0 Å². The summed E-state index contributed by atoms with van der Waals surface area (Å²) in [6.07, 6.45) is -0.476. The van der Waals surface area contributed by atoms with Gasteiger partial charge in [-0.05, 0) is 11.1 Å². The zero-order valence-electron chi connectivity index (χ0n) is 13.4. The molecule has 3 heteroatoms. The number of ether oxygens (including phenoxy) is 1. The molecule has 0 bridgehead atoms. The SMILES string of the molecule is COC(C(=O)N(C)Cc1ccccc1)C(C)c1ccccc1. The van der Waals surface area contributed by atoms with Crippen LogP contribution in [-0.2, 0) is 16.1 Å². The lowest BCUT2D eigenvalue weighted by Crippen LogP contribution is -2.40. The summed E-state index contributed by atoms with van der Waals surface area (Å²) in [6, 6.07) is 20.0. The van der Waals surface area contributed by atoms with E-state index >= 15 is 0 Å². The Morgan fingerprint density at radius 2 is 1.59 bits per heavy atom. The fraction of sp³-hybridized carbons (Fsp3) is 0.316. The molecule has 0 radical (unpaired) electrons. The molecule has 0 saturated carbocycles. The monoisotopic (exact) mass is 297 g/mol. The molecule has 1 amide bonds. The van der Waals surface area contributed by atoms with Crippen molar-refractivity contribution in [3.05, 3.63) is 71.8 Å². The third kappa shape index (κ3) is 3.95. The third-order valence-electron chi connectivity index (χ3n) is 3.92. The van der Waals surface area contributed by atoms with E-state index in [1.165, 1.54) is 0 Å². The molecule has 0 fully saturated rings. The number of benzene rings is 2. The van der Waals surface area contributed by atoms with Crippen molar-refractivity contribution in [1.29, 1.82) is 0 Å². The van der Waals surface area contributed by atoms with Crippen molar-refractivity contribution in [3.8, 4) is 0 Å². The van der Waals surface area contributed by atoms with E-state index < -0.39 is 6.10 Å². The van der Waals surface area contributed by atoms with Crippen LogP contribution in [0.15, 0.2) is 60.7 Å². The second-order valence-electron chi connectivity index (χ2n) is 5.54. The first-order chi connectivity index (χ1) is 10.6. The van der Waals surface area contributed by atoms with Gasteiger partial charge in [-0.15, -0.1) is 0 Å². The summed E-state index contributed by atoms with van der Waals surface area (Å²) in [5.41, 5.74) is 2.22. The summed E-state index contributed by atoms with van der Waals surface area (Å²) in [5.74, 6) is 0.0135. The Balaban J connectivity index is 2.08. The largest absolute Gasteiger partial charge is 0.371 e. The Morgan fingerprint density at radius 1 is 1.05 bits per heavy atom. The topological polar surface area (TPSA) is 29.5 Å². The lowest BCUT2D eigenvalue weighted by atomic mass is 9.94. The molecule has 0 aliphatic heterocycles. The van der Waals surface area contributed by atoms with E-state index in [4.69, 9.17) is 4.74 Å². The highest BCUT2D eigenvalue weighted by Gasteiger charge is 2.28. The van der Waals surface area contributed by atoms with E-state index in [9.17, 15) is 4.79 Å². The molecule has 2 atom stereocenters. The minimum atomic E-state index is -0.476. The van der Waals surface area contributed by atoms with Crippen LogP contribution < -0.4 is 0 Å². The highest BCUT2D eigenvalue weighted by atomic mass is 16.5. The van der Waals surface area contributed by atoms with Gasteiger partial charge >= 0.3 is 0 Å². The van der Waals surface area contributed by atoms with Crippen LogP contribution >= 0.6 is 0 Å². The number of carbonyl (C=O) groups excluding carboxylic acids is 1. The van der Waals surface area contributed by atoms with Crippen molar-refractivity contribution >= 4 is 5.91 Å². The molecule has 0 N–H and O–H groups in total. The molecular formula is C19H23NO2. The number of hydrogen-bond donors (Lipinski definition) is 0. The summed E-state index contributed by atoms with van der Waals surface area (Å²) < 4.78 is 5.50. The molecule has 3 nitrogen and oxygen atoms in total. The molecule has 116 valence electrons. The first-order valence-corrected chi connectivity index (χ1v) is 7.50. The first kappa shape index (κ1) is 16.2. The van der Waals surface area contributed by atoms with Gasteiger partial charge in [-0.25, -0.2) is 0 Å². The maximum atomic E-state index is 12.7. The van der Waals surface area contributed by atoms with Crippen molar-refractivity contribution in [3.63, 3.8) is 0 Å². The number of amides is 1. The third-order valence-corrected chi connectivity index (χ3v) is 3.92. The summed E-state index contributed by atoms with van der Waals surface area (Å²) in [5, 5.41) is 0. The first-order valence-electron chi connectivity index (χ1n) is 7.50. The number of carbonyl (C=O) groups is 1. The van der Waals surface area contributed by atoms with E-state index in [0.717, 1.165) is 11.1 Å². The average Bonchev–Trinajstić information content (AvgIpc) is 2.57. The zero-order chi connectivity index (χ0) is 15.9. The van der Waals surface area contributed by atoms with E-state index in [2.05, 4.69) is 0 Å². The minimum Gasteiger partial charge on any atom is -0.371 e. The van der Waals surface area contributed by atoms with Gasteiger partial charge in [0.15, 0.2) is 0 Å². The summed E-state index contributed by atoms with van der Waals surface area (Å²) in [6.45, 7) is 2.61. The highest BCUT2D eigenvalue weighted by molar-refractivity contribution is 5.81. The lowest BCUT2D eigenvalue weighted by Gasteiger charge is -2.27. The summed E-state index contributed by atoms with van der Waals surface area (Å²) in [4.78, 5) is 14.4. The van der Waals surface area contributed by atoms with Crippen molar-refractivity contribution in [2.24, 2.45) is 0 Å². The van der Waals surface area contributed by atoms with E-state index in [-0.39, 0.29) is 11.8 Å². The summed E-state index contributed by atoms with van der Waals surface area (Å²) in [7, 11) is 3.41. The fourth-order valence-electron chi connectivity index (χ4n) is 2.60. The molecule has 0 spiro atoms.